The molecule has 82 valence electrons. The number of aliphatic hydroxyl groups is 1. The quantitative estimate of drug-likeness (QED) is 0.696. The van der Waals surface area contributed by atoms with E-state index in [1.54, 1.807) is 0 Å². The second-order valence-corrected chi connectivity index (χ2v) is 4.81. The van der Waals surface area contributed by atoms with E-state index in [1.165, 1.54) is 38.8 Å². The molecule has 0 aliphatic carbocycles. The zero-order valence-corrected chi connectivity index (χ0v) is 9.08. The van der Waals surface area contributed by atoms with Gasteiger partial charge in [-0.2, -0.15) is 0 Å². The summed E-state index contributed by atoms with van der Waals surface area (Å²) >= 11 is 0. The van der Waals surface area contributed by atoms with Gasteiger partial charge in [0.05, 0.1) is 6.10 Å². The van der Waals surface area contributed by atoms with E-state index in [0.29, 0.717) is 6.04 Å². The van der Waals surface area contributed by atoms with Crippen molar-refractivity contribution in [1.29, 1.82) is 0 Å². The Morgan fingerprint density at radius 1 is 1.43 bits per heavy atom. The van der Waals surface area contributed by atoms with Crippen molar-refractivity contribution in [2.24, 2.45) is 0 Å². The zero-order chi connectivity index (χ0) is 9.97. The molecule has 2 aliphatic rings. The third-order valence-corrected chi connectivity index (χ3v) is 3.52. The minimum Gasteiger partial charge on any atom is -0.392 e. The Kier molecular flexibility index (Phi) is 3.42. The molecule has 2 fully saturated rings. The summed E-state index contributed by atoms with van der Waals surface area (Å²) in [6, 6.07) is 1.47. The van der Waals surface area contributed by atoms with Gasteiger partial charge in [-0.05, 0) is 45.7 Å². The standard InChI is InChI=1S/C11H22N2O/c1-9(14)8-12-10-4-6-13-5-2-3-11(13)7-10/h9-12,14H,2-8H2,1H3/t9-,10?,11?/m0/s1. The third-order valence-electron chi connectivity index (χ3n) is 3.52. The van der Waals surface area contributed by atoms with E-state index in [4.69, 9.17) is 0 Å². The zero-order valence-electron chi connectivity index (χ0n) is 9.08. The normalized spacial score (nSPS) is 35.6. The minimum absolute atomic E-state index is 0.211. The molecular formula is C11H22N2O. The van der Waals surface area contributed by atoms with Crippen molar-refractivity contribution in [3.63, 3.8) is 0 Å². The van der Waals surface area contributed by atoms with Crippen LogP contribution >= 0.6 is 0 Å². The van der Waals surface area contributed by atoms with E-state index < -0.39 is 0 Å². The highest BCUT2D eigenvalue weighted by Gasteiger charge is 2.31. The van der Waals surface area contributed by atoms with Crippen LogP contribution in [0.25, 0.3) is 0 Å². The van der Waals surface area contributed by atoms with Crippen LogP contribution in [0.2, 0.25) is 0 Å². The Hall–Kier alpha value is -0.120. The number of hydrogen-bond acceptors (Lipinski definition) is 3. The second kappa shape index (κ2) is 4.60. The van der Waals surface area contributed by atoms with Crippen molar-refractivity contribution >= 4 is 0 Å². The summed E-state index contributed by atoms with van der Waals surface area (Å²) in [6.45, 7) is 5.16. The molecule has 2 rings (SSSR count). The first kappa shape index (κ1) is 10.4. The summed E-state index contributed by atoms with van der Waals surface area (Å²) in [4.78, 5) is 2.63. The number of nitrogens with zero attached hydrogens (tertiary/aromatic N) is 1. The molecule has 3 nitrogen and oxygen atoms in total. The molecule has 2 unspecified atom stereocenters. The van der Waals surface area contributed by atoms with Crippen LogP contribution in [0.3, 0.4) is 0 Å². The van der Waals surface area contributed by atoms with E-state index in [0.717, 1.165) is 12.6 Å². The second-order valence-electron chi connectivity index (χ2n) is 4.81. The van der Waals surface area contributed by atoms with Gasteiger partial charge in [0.2, 0.25) is 0 Å². The molecule has 0 radical (unpaired) electrons. The van der Waals surface area contributed by atoms with Crippen LogP contribution in [0, 0.1) is 0 Å². The number of fused-ring (bicyclic) bond motifs is 1. The van der Waals surface area contributed by atoms with Crippen LogP contribution in [-0.4, -0.2) is 47.8 Å². The molecule has 0 bridgehead atoms. The Balaban J connectivity index is 1.74. The highest BCUT2D eigenvalue weighted by atomic mass is 16.3. The molecule has 2 N–H and O–H groups in total. The number of aliphatic hydroxyl groups excluding tert-OH is 1. The smallest absolute Gasteiger partial charge is 0.0636 e. The average molecular weight is 198 g/mol. The lowest BCUT2D eigenvalue weighted by molar-refractivity contribution is 0.145. The monoisotopic (exact) mass is 198 g/mol. The fraction of sp³-hybridized carbons (Fsp3) is 1.00. The van der Waals surface area contributed by atoms with Gasteiger partial charge >= 0.3 is 0 Å². The lowest BCUT2D eigenvalue weighted by Crippen LogP contribution is -2.47. The van der Waals surface area contributed by atoms with E-state index in [9.17, 15) is 5.11 Å². The summed E-state index contributed by atoms with van der Waals surface area (Å²) in [5, 5.41) is 12.7. The van der Waals surface area contributed by atoms with Crippen LogP contribution in [-0.2, 0) is 0 Å². The summed E-state index contributed by atoms with van der Waals surface area (Å²) in [6.07, 6.45) is 5.09. The van der Waals surface area contributed by atoms with Crippen LogP contribution in [0.5, 0.6) is 0 Å². The van der Waals surface area contributed by atoms with E-state index in [2.05, 4.69) is 10.2 Å². The Bertz CT molecular complexity index is 184. The Morgan fingerprint density at radius 2 is 2.29 bits per heavy atom. The minimum atomic E-state index is -0.211. The van der Waals surface area contributed by atoms with Crippen LogP contribution in [0.1, 0.15) is 32.6 Å². The van der Waals surface area contributed by atoms with Gasteiger partial charge in [0.25, 0.3) is 0 Å². The summed E-state index contributed by atoms with van der Waals surface area (Å²) < 4.78 is 0. The molecule has 0 aromatic carbocycles. The third kappa shape index (κ3) is 2.47. The van der Waals surface area contributed by atoms with Crippen molar-refractivity contribution in [2.75, 3.05) is 19.6 Å². The average Bonchev–Trinajstić information content (AvgIpc) is 2.61. The Morgan fingerprint density at radius 3 is 3.07 bits per heavy atom. The summed E-state index contributed by atoms with van der Waals surface area (Å²) in [7, 11) is 0. The lowest BCUT2D eigenvalue weighted by Gasteiger charge is -2.35. The fourth-order valence-corrected chi connectivity index (χ4v) is 2.75. The van der Waals surface area contributed by atoms with Crippen LogP contribution in [0.4, 0.5) is 0 Å². The molecule has 0 saturated carbocycles. The van der Waals surface area contributed by atoms with Gasteiger partial charge in [0.15, 0.2) is 0 Å². The van der Waals surface area contributed by atoms with Gasteiger partial charge in [-0.1, -0.05) is 0 Å². The molecule has 2 aliphatic heterocycles. The summed E-state index contributed by atoms with van der Waals surface area (Å²) in [5.41, 5.74) is 0. The maximum Gasteiger partial charge on any atom is 0.0636 e. The van der Waals surface area contributed by atoms with E-state index >= 15 is 0 Å². The molecule has 3 heteroatoms. The molecule has 14 heavy (non-hydrogen) atoms. The topological polar surface area (TPSA) is 35.5 Å². The summed E-state index contributed by atoms with van der Waals surface area (Å²) in [5.74, 6) is 0. The van der Waals surface area contributed by atoms with Crippen molar-refractivity contribution in [3.05, 3.63) is 0 Å². The highest BCUT2D eigenvalue weighted by molar-refractivity contribution is 4.89. The van der Waals surface area contributed by atoms with Gasteiger partial charge < -0.3 is 15.3 Å². The number of hydrogen-bond donors (Lipinski definition) is 2. The van der Waals surface area contributed by atoms with Crippen molar-refractivity contribution in [1.82, 2.24) is 10.2 Å². The van der Waals surface area contributed by atoms with Crippen molar-refractivity contribution in [2.45, 2.75) is 50.8 Å². The fourth-order valence-electron chi connectivity index (χ4n) is 2.75. The Labute approximate surface area is 86.5 Å². The largest absolute Gasteiger partial charge is 0.392 e. The molecule has 2 heterocycles. The molecule has 3 atom stereocenters. The predicted octanol–water partition coefficient (Wildman–Crippen LogP) is 0.584. The molecule has 0 spiro atoms. The number of piperidine rings is 1. The molecule has 0 amide bonds. The van der Waals surface area contributed by atoms with E-state index in [1.807, 2.05) is 6.92 Å². The first-order chi connectivity index (χ1) is 6.75. The van der Waals surface area contributed by atoms with Crippen molar-refractivity contribution < 1.29 is 5.11 Å². The van der Waals surface area contributed by atoms with Crippen LogP contribution < -0.4 is 5.32 Å². The SMILES string of the molecule is C[C@H](O)CNC1CCN2CCCC2C1. The predicted molar refractivity (Wildman–Crippen MR) is 57.3 cm³/mol. The van der Waals surface area contributed by atoms with Gasteiger partial charge in [-0.3, -0.25) is 0 Å². The van der Waals surface area contributed by atoms with Gasteiger partial charge in [-0.25, -0.2) is 0 Å². The van der Waals surface area contributed by atoms with Gasteiger partial charge in [0.1, 0.15) is 0 Å². The van der Waals surface area contributed by atoms with Crippen LogP contribution in [0.15, 0.2) is 0 Å². The molecule has 0 aromatic rings. The van der Waals surface area contributed by atoms with Crippen molar-refractivity contribution in [3.8, 4) is 0 Å². The van der Waals surface area contributed by atoms with E-state index in [-0.39, 0.29) is 6.10 Å². The number of nitrogens with one attached hydrogen (secondary N) is 1. The van der Waals surface area contributed by atoms with Gasteiger partial charge in [-0.15, -0.1) is 0 Å². The first-order valence-corrected chi connectivity index (χ1v) is 5.91. The molecular weight excluding hydrogens is 176 g/mol. The maximum absolute atomic E-state index is 9.20. The maximum atomic E-state index is 9.20. The number of rotatable bonds is 3. The lowest BCUT2D eigenvalue weighted by atomic mass is 9.97. The first-order valence-electron chi connectivity index (χ1n) is 5.91. The molecule has 0 aromatic heterocycles. The molecule has 2 saturated heterocycles. The van der Waals surface area contributed by atoms with Gasteiger partial charge in [0, 0.05) is 18.6 Å². The highest BCUT2D eigenvalue weighted by Crippen LogP contribution is 2.26.